The minimum Gasteiger partial charge on any atom is -0.497 e. The van der Waals surface area contributed by atoms with Gasteiger partial charge in [-0.3, -0.25) is 9.69 Å². The van der Waals surface area contributed by atoms with Crippen LogP contribution in [0.1, 0.15) is 39.8 Å². The lowest BCUT2D eigenvalue weighted by Crippen LogP contribution is -2.48. The fourth-order valence-electron chi connectivity index (χ4n) is 4.34. The molecule has 0 saturated carbocycles. The molecule has 0 radical (unpaired) electrons. The normalized spacial score (nSPS) is 17.3. The minimum atomic E-state index is -0.363. The van der Waals surface area contributed by atoms with Gasteiger partial charge in [-0.15, -0.1) is 17.8 Å². The molecule has 3 heterocycles. The first kappa shape index (κ1) is 24.0. The summed E-state index contributed by atoms with van der Waals surface area (Å²) in [5.41, 5.74) is 1.76. The van der Waals surface area contributed by atoms with Crippen molar-refractivity contribution in [3.05, 3.63) is 45.9 Å². The highest BCUT2D eigenvalue weighted by Crippen LogP contribution is 2.31. The Morgan fingerprint density at radius 3 is 2.44 bits per heavy atom. The maximum Gasteiger partial charge on any atom is 0.410 e. The van der Waals surface area contributed by atoms with Gasteiger partial charge in [0.25, 0.3) is 5.91 Å². The predicted octanol–water partition coefficient (Wildman–Crippen LogP) is 3.06. The Morgan fingerprint density at radius 2 is 1.79 bits per heavy atom. The number of rotatable bonds is 6. The second-order valence-electron chi connectivity index (χ2n) is 8.51. The molecule has 2 aliphatic heterocycles. The summed E-state index contributed by atoms with van der Waals surface area (Å²) >= 11 is 1.54. The maximum atomic E-state index is 13.0. The Balaban J connectivity index is 1.24. The number of terminal acetylenes is 1. The van der Waals surface area contributed by atoms with E-state index in [2.05, 4.69) is 27.9 Å². The second-order valence-corrected chi connectivity index (χ2v) is 9.40. The molecular formula is C25H30N4O4S. The van der Waals surface area contributed by atoms with Crippen LogP contribution in [0.15, 0.2) is 29.6 Å². The number of carbonyl (C=O) groups excluding carboxylic acids is 2. The number of nitrogens with zero attached hydrogens (tertiary/aromatic N) is 4. The molecule has 0 bridgehead atoms. The summed E-state index contributed by atoms with van der Waals surface area (Å²) in [6, 6.07) is 8.11. The SMILES string of the molecule is C#CCOC(=O)N1CCC(c2nc(C(=O)N3CCN(Cc4ccc(OC)cc4)CC3)cs2)CC1. The molecule has 9 heteroatoms. The Bertz CT molecular complexity index is 1020. The molecule has 1 aromatic heterocycles. The number of ether oxygens (including phenoxy) is 2. The summed E-state index contributed by atoms with van der Waals surface area (Å²) in [7, 11) is 1.67. The van der Waals surface area contributed by atoms with Gasteiger partial charge in [0.2, 0.25) is 0 Å². The molecule has 2 fully saturated rings. The van der Waals surface area contributed by atoms with Crippen LogP contribution >= 0.6 is 11.3 Å². The zero-order valence-electron chi connectivity index (χ0n) is 19.4. The lowest BCUT2D eigenvalue weighted by molar-refractivity contribution is 0.0623. The Kier molecular flexibility index (Phi) is 8.03. The summed E-state index contributed by atoms with van der Waals surface area (Å²) in [6.45, 7) is 5.13. The van der Waals surface area contributed by atoms with Crippen LogP contribution in [-0.2, 0) is 11.3 Å². The van der Waals surface area contributed by atoms with Crippen LogP contribution in [0.5, 0.6) is 5.75 Å². The second kappa shape index (κ2) is 11.4. The zero-order valence-corrected chi connectivity index (χ0v) is 20.3. The van der Waals surface area contributed by atoms with E-state index in [4.69, 9.17) is 15.9 Å². The molecule has 2 aliphatic rings. The Labute approximate surface area is 204 Å². The molecule has 0 unspecified atom stereocenters. The van der Waals surface area contributed by atoms with Crippen molar-refractivity contribution < 1.29 is 19.1 Å². The number of methoxy groups -OCH3 is 1. The molecule has 2 amide bonds. The van der Waals surface area contributed by atoms with Crippen LogP contribution in [-0.4, -0.2) is 84.7 Å². The molecule has 8 nitrogen and oxygen atoms in total. The van der Waals surface area contributed by atoms with Gasteiger partial charge in [0.1, 0.15) is 11.4 Å². The van der Waals surface area contributed by atoms with Gasteiger partial charge in [-0.2, -0.15) is 0 Å². The Morgan fingerprint density at radius 1 is 1.09 bits per heavy atom. The van der Waals surface area contributed by atoms with E-state index in [0.29, 0.717) is 31.9 Å². The molecule has 180 valence electrons. The predicted molar refractivity (Wildman–Crippen MR) is 130 cm³/mol. The molecule has 0 spiro atoms. The molecule has 4 rings (SSSR count). The van der Waals surface area contributed by atoms with Crippen LogP contribution in [0.2, 0.25) is 0 Å². The summed E-state index contributed by atoms with van der Waals surface area (Å²) in [5.74, 6) is 3.42. The fraction of sp³-hybridized carbons (Fsp3) is 0.480. The van der Waals surface area contributed by atoms with Crippen molar-refractivity contribution in [3.63, 3.8) is 0 Å². The molecular weight excluding hydrogens is 452 g/mol. The third-order valence-electron chi connectivity index (χ3n) is 6.35. The van der Waals surface area contributed by atoms with E-state index in [-0.39, 0.29) is 24.5 Å². The van der Waals surface area contributed by atoms with E-state index in [9.17, 15) is 9.59 Å². The summed E-state index contributed by atoms with van der Waals surface area (Å²) < 4.78 is 10.2. The first-order valence-electron chi connectivity index (χ1n) is 11.5. The van der Waals surface area contributed by atoms with Crippen LogP contribution in [0.3, 0.4) is 0 Å². The summed E-state index contributed by atoms with van der Waals surface area (Å²) in [5, 5.41) is 2.84. The lowest BCUT2D eigenvalue weighted by atomic mass is 9.98. The van der Waals surface area contributed by atoms with Crippen molar-refractivity contribution in [3.8, 4) is 18.1 Å². The van der Waals surface area contributed by atoms with Gasteiger partial charge in [0, 0.05) is 57.1 Å². The van der Waals surface area contributed by atoms with Crippen molar-refractivity contribution in [2.24, 2.45) is 0 Å². The van der Waals surface area contributed by atoms with Crippen molar-refractivity contribution >= 4 is 23.3 Å². The van der Waals surface area contributed by atoms with E-state index in [1.54, 1.807) is 12.0 Å². The van der Waals surface area contributed by atoms with E-state index in [1.165, 1.54) is 16.9 Å². The highest BCUT2D eigenvalue weighted by atomic mass is 32.1. The lowest BCUT2D eigenvalue weighted by Gasteiger charge is -2.34. The number of amides is 2. The molecule has 1 aromatic carbocycles. The van der Waals surface area contributed by atoms with E-state index >= 15 is 0 Å². The number of likely N-dealkylation sites (tertiary alicyclic amines) is 1. The summed E-state index contributed by atoms with van der Waals surface area (Å²) in [4.78, 5) is 35.6. The molecule has 2 saturated heterocycles. The number of carbonyl (C=O) groups is 2. The topological polar surface area (TPSA) is 75.2 Å². The number of benzene rings is 1. The van der Waals surface area contributed by atoms with Crippen molar-refractivity contribution in [1.29, 1.82) is 0 Å². The van der Waals surface area contributed by atoms with Crippen LogP contribution in [0, 0.1) is 12.3 Å². The molecule has 2 aromatic rings. The van der Waals surface area contributed by atoms with Crippen LogP contribution in [0.25, 0.3) is 0 Å². The molecule has 0 N–H and O–H groups in total. The van der Waals surface area contributed by atoms with Gasteiger partial charge >= 0.3 is 6.09 Å². The average Bonchev–Trinajstić information content (AvgIpc) is 3.38. The van der Waals surface area contributed by atoms with Gasteiger partial charge in [-0.1, -0.05) is 18.1 Å². The van der Waals surface area contributed by atoms with Crippen LogP contribution < -0.4 is 4.74 Å². The van der Waals surface area contributed by atoms with E-state index < -0.39 is 0 Å². The monoisotopic (exact) mass is 482 g/mol. The molecule has 34 heavy (non-hydrogen) atoms. The third kappa shape index (κ3) is 5.88. The number of piperazine rings is 1. The Hall–Kier alpha value is -3.09. The first-order valence-corrected chi connectivity index (χ1v) is 12.4. The minimum absolute atomic E-state index is 0.00176. The standard InChI is InChI=1S/C25H30N4O4S/c1-3-16-33-25(31)29-10-8-20(9-11-29)23-26-22(18-34-23)24(30)28-14-12-27(13-15-28)17-19-4-6-21(32-2)7-5-19/h1,4-7,18,20H,8-17H2,2H3. The van der Waals surface area contributed by atoms with Gasteiger partial charge in [0.05, 0.1) is 12.1 Å². The van der Waals surface area contributed by atoms with Crippen LogP contribution in [0.4, 0.5) is 4.79 Å². The fourth-order valence-corrected chi connectivity index (χ4v) is 5.30. The highest BCUT2D eigenvalue weighted by molar-refractivity contribution is 7.09. The molecule has 0 aliphatic carbocycles. The highest BCUT2D eigenvalue weighted by Gasteiger charge is 2.28. The van der Waals surface area contributed by atoms with Gasteiger partial charge in [0.15, 0.2) is 6.61 Å². The number of piperidine rings is 1. The van der Waals surface area contributed by atoms with Gasteiger partial charge in [-0.05, 0) is 30.5 Å². The maximum absolute atomic E-state index is 13.0. The first-order chi connectivity index (χ1) is 16.6. The average molecular weight is 483 g/mol. The van der Waals surface area contributed by atoms with E-state index in [1.807, 2.05) is 22.4 Å². The largest absolute Gasteiger partial charge is 0.497 e. The molecule has 0 atom stereocenters. The van der Waals surface area contributed by atoms with Crippen molar-refractivity contribution in [1.82, 2.24) is 19.7 Å². The quantitative estimate of drug-likeness (QED) is 0.589. The number of thiazole rings is 1. The van der Waals surface area contributed by atoms with Gasteiger partial charge in [-0.25, -0.2) is 9.78 Å². The zero-order chi connectivity index (χ0) is 23.9. The summed E-state index contributed by atoms with van der Waals surface area (Å²) in [6.07, 6.45) is 6.38. The number of aromatic nitrogens is 1. The number of hydrogen-bond acceptors (Lipinski definition) is 7. The van der Waals surface area contributed by atoms with E-state index in [0.717, 1.165) is 43.2 Å². The number of hydrogen-bond donors (Lipinski definition) is 0. The van der Waals surface area contributed by atoms with Gasteiger partial charge < -0.3 is 19.3 Å². The van der Waals surface area contributed by atoms with Crippen molar-refractivity contribution in [2.75, 3.05) is 53.0 Å². The smallest absolute Gasteiger partial charge is 0.410 e. The van der Waals surface area contributed by atoms with Crippen molar-refractivity contribution in [2.45, 2.75) is 25.3 Å². The third-order valence-corrected chi connectivity index (χ3v) is 7.35.